The number of imidazole rings is 1. The van der Waals surface area contributed by atoms with Crippen molar-refractivity contribution in [3.05, 3.63) is 30.6 Å². The molecule has 1 aliphatic heterocycles. The molecule has 23 heavy (non-hydrogen) atoms. The molecule has 2 heterocycles. The molecule has 0 aliphatic carbocycles. The van der Waals surface area contributed by atoms with Crippen LogP contribution in [-0.4, -0.2) is 46.0 Å². The molecule has 0 atom stereocenters. The standard InChI is InChI=1S/C17H21N3O3/c1-2-23-17(22)11-16(21)19-9-7-13(8-10-19)20-12-18-14-5-3-4-6-15(14)20/h3-6,12-13H,2,7-11H2,1H3. The fraction of sp³-hybridized carbons (Fsp3) is 0.471. The van der Waals surface area contributed by atoms with E-state index in [1.807, 2.05) is 24.5 Å². The highest BCUT2D eigenvalue weighted by molar-refractivity contribution is 5.94. The molecule has 1 aromatic heterocycles. The number of hydrogen-bond acceptors (Lipinski definition) is 4. The predicted octanol–water partition coefficient (Wildman–Crippen LogP) is 2.15. The topological polar surface area (TPSA) is 64.4 Å². The van der Waals surface area contributed by atoms with E-state index in [4.69, 9.17) is 4.74 Å². The Bertz CT molecular complexity index is 702. The zero-order chi connectivity index (χ0) is 16.2. The zero-order valence-electron chi connectivity index (χ0n) is 13.3. The highest BCUT2D eigenvalue weighted by Crippen LogP contribution is 2.26. The van der Waals surface area contributed by atoms with Gasteiger partial charge in [-0.1, -0.05) is 12.1 Å². The fourth-order valence-electron chi connectivity index (χ4n) is 3.11. The highest BCUT2D eigenvalue weighted by atomic mass is 16.5. The third-order valence-electron chi connectivity index (χ3n) is 4.29. The first-order valence-electron chi connectivity index (χ1n) is 8.04. The molecule has 6 nitrogen and oxygen atoms in total. The summed E-state index contributed by atoms with van der Waals surface area (Å²) in [5, 5.41) is 0. The molecule has 1 aliphatic rings. The maximum atomic E-state index is 12.1. The van der Waals surface area contributed by atoms with Crippen LogP contribution in [0, 0.1) is 0 Å². The molecule has 0 unspecified atom stereocenters. The Morgan fingerprint density at radius 3 is 2.74 bits per heavy atom. The summed E-state index contributed by atoms with van der Waals surface area (Å²) >= 11 is 0. The first-order chi connectivity index (χ1) is 11.2. The minimum absolute atomic E-state index is 0.141. The van der Waals surface area contributed by atoms with Gasteiger partial charge in [-0.2, -0.15) is 0 Å². The average molecular weight is 315 g/mol. The molecule has 0 radical (unpaired) electrons. The van der Waals surface area contributed by atoms with Crippen LogP contribution in [0.4, 0.5) is 0 Å². The molecule has 1 saturated heterocycles. The monoisotopic (exact) mass is 315 g/mol. The van der Waals surface area contributed by atoms with Gasteiger partial charge in [0.15, 0.2) is 0 Å². The molecular weight excluding hydrogens is 294 g/mol. The number of nitrogens with zero attached hydrogens (tertiary/aromatic N) is 3. The number of fused-ring (bicyclic) bond motifs is 1. The molecule has 0 saturated carbocycles. The Balaban J connectivity index is 1.60. The van der Waals surface area contributed by atoms with Gasteiger partial charge in [0, 0.05) is 19.1 Å². The van der Waals surface area contributed by atoms with Gasteiger partial charge >= 0.3 is 5.97 Å². The summed E-state index contributed by atoms with van der Waals surface area (Å²) in [5.74, 6) is -0.586. The van der Waals surface area contributed by atoms with Gasteiger partial charge in [0.1, 0.15) is 6.42 Å². The van der Waals surface area contributed by atoms with Gasteiger partial charge in [0.05, 0.1) is 24.0 Å². The summed E-state index contributed by atoms with van der Waals surface area (Å²) in [4.78, 5) is 29.7. The van der Waals surface area contributed by atoms with E-state index in [1.165, 1.54) is 0 Å². The fourth-order valence-corrected chi connectivity index (χ4v) is 3.11. The molecule has 1 fully saturated rings. The number of carbonyl (C=O) groups is 2. The van der Waals surface area contributed by atoms with Gasteiger partial charge < -0.3 is 14.2 Å². The minimum atomic E-state index is -0.444. The van der Waals surface area contributed by atoms with E-state index >= 15 is 0 Å². The number of piperidine rings is 1. The van der Waals surface area contributed by atoms with Gasteiger partial charge in [-0.15, -0.1) is 0 Å². The van der Waals surface area contributed by atoms with E-state index in [0.717, 1.165) is 23.9 Å². The lowest BCUT2D eigenvalue weighted by Gasteiger charge is -2.32. The van der Waals surface area contributed by atoms with Crippen LogP contribution >= 0.6 is 0 Å². The molecular formula is C17H21N3O3. The number of benzene rings is 1. The van der Waals surface area contributed by atoms with Gasteiger partial charge in [-0.3, -0.25) is 9.59 Å². The molecule has 0 bridgehead atoms. The van der Waals surface area contributed by atoms with Gasteiger partial charge in [-0.25, -0.2) is 4.98 Å². The SMILES string of the molecule is CCOC(=O)CC(=O)N1CCC(n2cnc3ccccc32)CC1. The molecule has 2 aromatic rings. The third kappa shape index (κ3) is 3.36. The second-order valence-electron chi connectivity index (χ2n) is 5.73. The number of aromatic nitrogens is 2. The van der Waals surface area contributed by atoms with Gasteiger partial charge in [-0.05, 0) is 31.9 Å². The Hall–Kier alpha value is -2.37. The van der Waals surface area contributed by atoms with Crippen LogP contribution < -0.4 is 0 Å². The van der Waals surface area contributed by atoms with Crippen molar-refractivity contribution in [3.63, 3.8) is 0 Å². The first kappa shape index (κ1) is 15.5. The molecule has 3 rings (SSSR count). The van der Waals surface area contributed by atoms with E-state index in [2.05, 4.69) is 15.6 Å². The first-order valence-corrected chi connectivity index (χ1v) is 8.04. The maximum absolute atomic E-state index is 12.1. The quantitative estimate of drug-likeness (QED) is 0.640. The average Bonchev–Trinajstić information content (AvgIpc) is 2.99. The largest absolute Gasteiger partial charge is 0.466 e. The Labute approximate surface area is 135 Å². The van der Waals surface area contributed by atoms with E-state index in [9.17, 15) is 9.59 Å². The van der Waals surface area contributed by atoms with Crippen molar-refractivity contribution < 1.29 is 14.3 Å². The molecule has 122 valence electrons. The van der Waals surface area contributed by atoms with Crippen molar-refractivity contribution in [2.45, 2.75) is 32.2 Å². The normalized spacial score (nSPS) is 15.8. The summed E-state index contributed by atoms with van der Waals surface area (Å²) in [6, 6.07) is 8.41. The van der Waals surface area contributed by atoms with Crippen LogP contribution in [0.1, 0.15) is 32.2 Å². The number of para-hydroxylation sites is 2. The molecule has 1 aromatic carbocycles. The van der Waals surface area contributed by atoms with Gasteiger partial charge in [0.25, 0.3) is 0 Å². The second kappa shape index (κ2) is 6.81. The minimum Gasteiger partial charge on any atom is -0.466 e. The Morgan fingerprint density at radius 2 is 2.00 bits per heavy atom. The van der Waals surface area contributed by atoms with Crippen molar-refractivity contribution in [1.29, 1.82) is 0 Å². The third-order valence-corrected chi connectivity index (χ3v) is 4.29. The van der Waals surface area contributed by atoms with Crippen LogP contribution in [0.5, 0.6) is 0 Å². The van der Waals surface area contributed by atoms with E-state index in [-0.39, 0.29) is 12.3 Å². The zero-order valence-corrected chi connectivity index (χ0v) is 13.3. The predicted molar refractivity (Wildman–Crippen MR) is 85.8 cm³/mol. The van der Waals surface area contributed by atoms with Crippen LogP contribution in [-0.2, 0) is 14.3 Å². The lowest BCUT2D eigenvalue weighted by molar-refractivity contribution is -0.149. The lowest BCUT2D eigenvalue weighted by atomic mass is 10.0. The number of carbonyl (C=O) groups excluding carboxylic acids is 2. The summed E-state index contributed by atoms with van der Waals surface area (Å²) in [7, 11) is 0. The highest BCUT2D eigenvalue weighted by Gasteiger charge is 2.26. The van der Waals surface area contributed by atoms with E-state index in [0.29, 0.717) is 25.7 Å². The number of rotatable bonds is 4. The Kier molecular flexibility index (Phi) is 4.60. The number of ether oxygens (including phenoxy) is 1. The summed E-state index contributed by atoms with van der Waals surface area (Å²) in [6.07, 6.45) is 3.46. The summed E-state index contributed by atoms with van der Waals surface area (Å²) in [5.41, 5.74) is 2.12. The van der Waals surface area contributed by atoms with Crippen LogP contribution in [0.3, 0.4) is 0 Å². The Morgan fingerprint density at radius 1 is 1.26 bits per heavy atom. The number of likely N-dealkylation sites (tertiary alicyclic amines) is 1. The maximum Gasteiger partial charge on any atom is 0.315 e. The smallest absolute Gasteiger partial charge is 0.315 e. The van der Waals surface area contributed by atoms with Crippen molar-refractivity contribution >= 4 is 22.9 Å². The van der Waals surface area contributed by atoms with Crippen molar-refractivity contribution in [2.24, 2.45) is 0 Å². The number of amides is 1. The summed E-state index contributed by atoms with van der Waals surface area (Å²) in [6.45, 7) is 3.37. The van der Waals surface area contributed by atoms with Crippen molar-refractivity contribution in [3.8, 4) is 0 Å². The van der Waals surface area contributed by atoms with Crippen molar-refractivity contribution in [1.82, 2.24) is 14.5 Å². The van der Waals surface area contributed by atoms with E-state index in [1.54, 1.807) is 11.8 Å². The summed E-state index contributed by atoms with van der Waals surface area (Å²) < 4.78 is 7.03. The van der Waals surface area contributed by atoms with Crippen LogP contribution in [0.15, 0.2) is 30.6 Å². The number of hydrogen-bond donors (Lipinski definition) is 0. The second-order valence-corrected chi connectivity index (χ2v) is 5.73. The molecule has 6 heteroatoms. The van der Waals surface area contributed by atoms with Crippen molar-refractivity contribution in [2.75, 3.05) is 19.7 Å². The van der Waals surface area contributed by atoms with Gasteiger partial charge in [0.2, 0.25) is 5.91 Å². The molecule has 0 N–H and O–H groups in total. The number of esters is 1. The van der Waals surface area contributed by atoms with Crippen LogP contribution in [0.25, 0.3) is 11.0 Å². The van der Waals surface area contributed by atoms with Crippen LogP contribution in [0.2, 0.25) is 0 Å². The van der Waals surface area contributed by atoms with E-state index < -0.39 is 5.97 Å². The molecule has 1 amide bonds. The lowest BCUT2D eigenvalue weighted by Crippen LogP contribution is -2.40. The molecule has 0 spiro atoms.